The molecule has 2 unspecified atom stereocenters. The van der Waals surface area contributed by atoms with Crippen LogP contribution in [-0.4, -0.2) is 46.3 Å². The topological polar surface area (TPSA) is 59.4 Å². The molecule has 2 aromatic rings. The summed E-state index contributed by atoms with van der Waals surface area (Å²) in [7, 11) is 0. The predicted molar refractivity (Wildman–Crippen MR) is 114 cm³/mol. The van der Waals surface area contributed by atoms with Gasteiger partial charge in [0.2, 0.25) is 5.91 Å². The maximum atomic E-state index is 13.0. The Labute approximate surface area is 176 Å². The number of hydrogen-bond acceptors (Lipinski definition) is 4. The molecule has 6 nitrogen and oxygen atoms in total. The second-order valence-electron chi connectivity index (χ2n) is 8.97. The average Bonchev–Trinajstić information content (AvgIpc) is 3.41. The first-order valence-corrected chi connectivity index (χ1v) is 11.3. The van der Waals surface area contributed by atoms with E-state index in [1.165, 1.54) is 12.8 Å². The lowest BCUT2D eigenvalue weighted by molar-refractivity contribution is -0.133. The largest absolute Gasteiger partial charge is 0.357 e. The van der Waals surface area contributed by atoms with Gasteiger partial charge in [0.25, 0.3) is 0 Å². The van der Waals surface area contributed by atoms with E-state index in [1.807, 2.05) is 34.7 Å². The summed E-state index contributed by atoms with van der Waals surface area (Å²) in [4.78, 5) is 15.0. The number of carbonyl (C=O) groups is 1. The number of benzene rings is 1. The lowest BCUT2D eigenvalue weighted by Gasteiger charge is -2.34. The minimum absolute atomic E-state index is 0.0641. The van der Waals surface area contributed by atoms with Crippen LogP contribution >= 0.6 is 11.6 Å². The quantitative estimate of drug-likeness (QED) is 0.791. The number of aromatic nitrogens is 2. The predicted octanol–water partition coefficient (Wildman–Crippen LogP) is 4.59. The van der Waals surface area contributed by atoms with Crippen molar-refractivity contribution >= 4 is 34.2 Å². The first kappa shape index (κ1) is 19.2. The van der Waals surface area contributed by atoms with Gasteiger partial charge in [-0.25, -0.2) is 4.68 Å². The average molecular weight is 417 g/mol. The Hall–Kier alpha value is -1.79. The number of likely N-dealkylation sites (tertiary alicyclic amines) is 1. The molecule has 1 aromatic heterocycles. The second-order valence-corrected chi connectivity index (χ2v) is 9.40. The van der Waals surface area contributed by atoms with Crippen LogP contribution in [0.4, 0.5) is 5.82 Å². The minimum Gasteiger partial charge on any atom is -0.357 e. The number of amides is 1. The molecule has 0 bridgehead atoms. The van der Waals surface area contributed by atoms with E-state index in [9.17, 15) is 4.79 Å². The highest BCUT2D eigenvalue weighted by Crippen LogP contribution is 2.53. The molecule has 2 saturated heterocycles. The zero-order valence-corrected chi connectivity index (χ0v) is 17.7. The molecule has 5 rings (SSSR count). The summed E-state index contributed by atoms with van der Waals surface area (Å²) in [6, 6.07) is 5.45. The molecule has 3 heterocycles. The molecule has 7 heteroatoms. The Morgan fingerprint density at radius 2 is 2.07 bits per heavy atom. The summed E-state index contributed by atoms with van der Waals surface area (Å²) in [5, 5.41) is 9.77. The number of nitrogens with one attached hydrogen (secondary N) is 1. The molecule has 1 N–H and O–H groups in total. The number of piperidine rings is 1. The second kappa shape index (κ2) is 7.47. The van der Waals surface area contributed by atoms with Gasteiger partial charge < -0.3 is 15.0 Å². The molecule has 156 valence electrons. The van der Waals surface area contributed by atoms with E-state index in [0.29, 0.717) is 16.3 Å². The van der Waals surface area contributed by atoms with E-state index in [1.54, 1.807) is 0 Å². The molecule has 1 aromatic carbocycles. The number of hydrogen-bond donors (Lipinski definition) is 1. The molecule has 3 fully saturated rings. The summed E-state index contributed by atoms with van der Waals surface area (Å²) < 4.78 is 7.90. The van der Waals surface area contributed by atoms with E-state index in [4.69, 9.17) is 21.4 Å². The third kappa shape index (κ3) is 3.73. The van der Waals surface area contributed by atoms with Crippen LogP contribution in [-0.2, 0) is 9.53 Å². The third-order valence-corrected chi connectivity index (χ3v) is 7.15. The van der Waals surface area contributed by atoms with Crippen molar-refractivity contribution in [2.75, 3.05) is 25.0 Å². The van der Waals surface area contributed by atoms with Gasteiger partial charge in [0.1, 0.15) is 6.04 Å². The highest BCUT2D eigenvalue weighted by molar-refractivity contribution is 6.31. The zero-order chi connectivity index (χ0) is 20.0. The van der Waals surface area contributed by atoms with Crippen LogP contribution in [0.3, 0.4) is 0 Å². The molecule has 29 heavy (non-hydrogen) atoms. The van der Waals surface area contributed by atoms with Crippen molar-refractivity contribution in [1.29, 1.82) is 0 Å². The number of ether oxygens (including phenoxy) is 1. The van der Waals surface area contributed by atoms with Gasteiger partial charge in [0.15, 0.2) is 12.0 Å². The monoisotopic (exact) mass is 416 g/mol. The molecule has 2 aliphatic heterocycles. The molecule has 1 amide bonds. The van der Waals surface area contributed by atoms with E-state index < -0.39 is 0 Å². The number of carbonyl (C=O) groups excluding carboxylic acids is 1. The van der Waals surface area contributed by atoms with Gasteiger partial charge >= 0.3 is 0 Å². The minimum atomic E-state index is -0.332. The van der Waals surface area contributed by atoms with Crippen molar-refractivity contribution in [1.82, 2.24) is 14.7 Å². The van der Waals surface area contributed by atoms with Crippen LogP contribution in [0.5, 0.6) is 0 Å². The molecule has 0 radical (unpaired) electrons. The Morgan fingerprint density at radius 1 is 1.28 bits per heavy atom. The van der Waals surface area contributed by atoms with Crippen LogP contribution < -0.4 is 5.32 Å². The highest BCUT2D eigenvalue weighted by Gasteiger charge is 2.45. The van der Waals surface area contributed by atoms with E-state index in [2.05, 4.69) is 5.32 Å². The van der Waals surface area contributed by atoms with E-state index in [0.717, 1.165) is 62.7 Å². The highest BCUT2D eigenvalue weighted by atomic mass is 35.5. The summed E-state index contributed by atoms with van der Waals surface area (Å²) in [6.45, 7) is 4.44. The van der Waals surface area contributed by atoms with Crippen LogP contribution in [0.2, 0.25) is 5.02 Å². The normalized spacial score (nSPS) is 24.6. The number of rotatable bonds is 4. The zero-order valence-electron chi connectivity index (χ0n) is 17.0. The summed E-state index contributed by atoms with van der Waals surface area (Å²) in [5.41, 5.74) is 1.55. The van der Waals surface area contributed by atoms with Crippen LogP contribution in [0, 0.1) is 5.41 Å². The van der Waals surface area contributed by atoms with Gasteiger partial charge in [-0.3, -0.25) is 4.79 Å². The molecule has 3 aliphatic rings. The fourth-order valence-corrected chi connectivity index (χ4v) is 4.95. The third-order valence-electron chi connectivity index (χ3n) is 6.91. The molecule has 1 saturated carbocycles. The number of fused-ring (bicyclic) bond motifs is 1. The van der Waals surface area contributed by atoms with Crippen molar-refractivity contribution in [3.8, 4) is 0 Å². The molecule has 1 aliphatic carbocycles. The maximum absolute atomic E-state index is 13.0. The van der Waals surface area contributed by atoms with Crippen molar-refractivity contribution in [3.05, 3.63) is 23.2 Å². The van der Waals surface area contributed by atoms with E-state index in [-0.39, 0.29) is 18.2 Å². The standard InChI is InChI=1S/C22H29ClN4O2/c1-15(21(28)26-11-9-22(7-8-22)10-12-26)24-20-17-14-16(23)5-6-18(17)27(25-20)19-4-2-3-13-29-19/h5-6,14-15,19H,2-4,7-13H2,1H3,(H,24,25). The van der Waals surface area contributed by atoms with Crippen LogP contribution in [0.1, 0.15) is 58.1 Å². The smallest absolute Gasteiger partial charge is 0.244 e. The van der Waals surface area contributed by atoms with Crippen molar-refractivity contribution < 1.29 is 9.53 Å². The van der Waals surface area contributed by atoms with Gasteiger partial charge in [-0.2, -0.15) is 5.10 Å². The Balaban J connectivity index is 1.36. The van der Waals surface area contributed by atoms with Gasteiger partial charge in [-0.05, 0) is 75.5 Å². The van der Waals surface area contributed by atoms with Gasteiger partial charge in [-0.1, -0.05) is 11.6 Å². The summed E-state index contributed by atoms with van der Waals surface area (Å²) >= 11 is 6.27. The number of halogens is 1. The number of anilines is 1. The Kier molecular flexibility index (Phi) is 4.95. The Morgan fingerprint density at radius 3 is 2.76 bits per heavy atom. The maximum Gasteiger partial charge on any atom is 0.244 e. The van der Waals surface area contributed by atoms with Crippen molar-refractivity contribution in [2.24, 2.45) is 5.41 Å². The van der Waals surface area contributed by atoms with Crippen LogP contribution in [0.15, 0.2) is 18.2 Å². The molecular formula is C22H29ClN4O2. The SMILES string of the molecule is CC(Nc1nn(C2CCCCO2)c2ccc(Cl)cc12)C(=O)N1CCC2(CC1)CC2. The molecular weight excluding hydrogens is 388 g/mol. The molecule has 2 atom stereocenters. The summed E-state index contributed by atoms with van der Waals surface area (Å²) in [6.07, 6.45) is 8.10. The van der Waals surface area contributed by atoms with E-state index >= 15 is 0 Å². The van der Waals surface area contributed by atoms with Gasteiger partial charge in [0, 0.05) is 30.1 Å². The van der Waals surface area contributed by atoms with Crippen LogP contribution in [0.25, 0.3) is 10.9 Å². The molecule has 1 spiro atoms. The lowest BCUT2D eigenvalue weighted by atomic mass is 9.93. The first-order chi connectivity index (χ1) is 14.0. The summed E-state index contributed by atoms with van der Waals surface area (Å²) in [5.74, 6) is 0.854. The lowest BCUT2D eigenvalue weighted by Crippen LogP contribution is -2.45. The van der Waals surface area contributed by atoms with Gasteiger partial charge in [-0.15, -0.1) is 0 Å². The fourth-order valence-electron chi connectivity index (χ4n) is 4.77. The first-order valence-electron chi connectivity index (χ1n) is 10.9. The fraction of sp³-hybridized carbons (Fsp3) is 0.636. The number of nitrogens with zero attached hydrogens (tertiary/aromatic N) is 3. The van der Waals surface area contributed by atoms with Crippen molar-refractivity contribution in [3.63, 3.8) is 0 Å². The Bertz CT molecular complexity index is 907. The van der Waals surface area contributed by atoms with Gasteiger partial charge in [0.05, 0.1) is 5.52 Å². The van der Waals surface area contributed by atoms with Crippen molar-refractivity contribution in [2.45, 2.75) is 64.1 Å².